The predicted octanol–water partition coefficient (Wildman–Crippen LogP) is 2.37. The third-order valence-electron chi connectivity index (χ3n) is 3.88. The molecule has 0 atom stereocenters. The largest absolute Gasteiger partial charge is 0.305 e. The molecule has 3 aromatic heterocycles. The molecule has 1 amide bonds. The summed E-state index contributed by atoms with van der Waals surface area (Å²) in [5, 5.41) is 14.6. The number of hydrogen-bond acceptors (Lipinski definition) is 6. The van der Waals surface area contributed by atoms with Crippen molar-refractivity contribution in [1.82, 2.24) is 34.6 Å². The van der Waals surface area contributed by atoms with Gasteiger partial charge >= 0.3 is 0 Å². The second-order valence-corrected chi connectivity index (χ2v) is 6.15. The molecule has 4 aromatic rings. The number of benzene rings is 1. The molecule has 0 aliphatic carbocycles. The van der Waals surface area contributed by atoms with E-state index in [4.69, 9.17) is 11.6 Å². The standard InChI is InChI=1S/C16H12ClFN8O/c1-8-5-13(26-16(21-8)19-7-20-26)22-15(27)14-9(2)25(24-23-14)10-3-4-12(18)11(17)6-10/h3-7H,1-2H3,(H,22,27). The number of aryl methyl sites for hydroxylation is 1. The van der Waals surface area contributed by atoms with Gasteiger partial charge in [0.1, 0.15) is 18.0 Å². The van der Waals surface area contributed by atoms with Gasteiger partial charge in [0.25, 0.3) is 11.7 Å². The minimum atomic E-state index is -0.541. The fourth-order valence-corrected chi connectivity index (χ4v) is 2.77. The van der Waals surface area contributed by atoms with Gasteiger partial charge < -0.3 is 5.32 Å². The third-order valence-corrected chi connectivity index (χ3v) is 4.17. The van der Waals surface area contributed by atoms with Crippen LogP contribution >= 0.6 is 11.6 Å². The molecule has 0 spiro atoms. The highest BCUT2D eigenvalue weighted by atomic mass is 35.5. The molecule has 0 unspecified atom stereocenters. The number of carbonyl (C=O) groups excluding carboxylic acids is 1. The minimum Gasteiger partial charge on any atom is -0.305 e. The Balaban J connectivity index is 1.67. The minimum absolute atomic E-state index is 0.0470. The molecule has 0 aliphatic rings. The fourth-order valence-electron chi connectivity index (χ4n) is 2.60. The van der Waals surface area contributed by atoms with Crippen molar-refractivity contribution in [2.45, 2.75) is 13.8 Å². The summed E-state index contributed by atoms with van der Waals surface area (Å²) in [4.78, 5) is 20.9. The van der Waals surface area contributed by atoms with Gasteiger partial charge in [-0.2, -0.15) is 14.6 Å². The Labute approximate surface area is 156 Å². The van der Waals surface area contributed by atoms with Gasteiger partial charge in [-0.05, 0) is 32.0 Å². The van der Waals surface area contributed by atoms with Crippen molar-refractivity contribution in [3.05, 3.63) is 58.5 Å². The molecule has 1 N–H and O–H groups in total. The van der Waals surface area contributed by atoms with E-state index in [2.05, 4.69) is 30.7 Å². The number of halogens is 2. The fraction of sp³-hybridized carbons (Fsp3) is 0.125. The summed E-state index contributed by atoms with van der Waals surface area (Å²) in [7, 11) is 0. The first kappa shape index (κ1) is 17.0. The molecule has 0 bridgehead atoms. The van der Waals surface area contributed by atoms with Crippen molar-refractivity contribution in [3.63, 3.8) is 0 Å². The van der Waals surface area contributed by atoms with Crippen LogP contribution in [0.4, 0.5) is 10.2 Å². The monoisotopic (exact) mass is 386 g/mol. The van der Waals surface area contributed by atoms with Gasteiger partial charge in [-0.1, -0.05) is 16.8 Å². The van der Waals surface area contributed by atoms with Crippen molar-refractivity contribution in [2.75, 3.05) is 5.32 Å². The first-order chi connectivity index (χ1) is 12.9. The van der Waals surface area contributed by atoms with E-state index in [0.29, 0.717) is 28.7 Å². The summed E-state index contributed by atoms with van der Waals surface area (Å²) < 4.78 is 16.2. The zero-order valence-corrected chi connectivity index (χ0v) is 14.9. The van der Waals surface area contributed by atoms with Crippen molar-refractivity contribution in [1.29, 1.82) is 0 Å². The normalized spacial score (nSPS) is 11.1. The highest BCUT2D eigenvalue weighted by molar-refractivity contribution is 6.30. The van der Waals surface area contributed by atoms with Crippen LogP contribution in [0.3, 0.4) is 0 Å². The topological polar surface area (TPSA) is 103 Å². The Morgan fingerprint density at radius 2 is 2.07 bits per heavy atom. The number of nitrogens with zero attached hydrogens (tertiary/aromatic N) is 7. The van der Waals surface area contributed by atoms with Crippen molar-refractivity contribution in [3.8, 4) is 5.69 Å². The lowest BCUT2D eigenvalue weighted by Crippen LogP contribution is -2.17. The number of hydrogen-bond donors (Lipinski definition) is 1. The Morgan fingerprint density at radius 1 is 1.26 bits per heavy atom. The summed E-state index contributed by atoms with van der Waals surface area (Å²) in [6.45, 7) is 3.46. The van der Waals surface area contributed by atoms with Gasteiger partial charge in [0.15, 0.2) is 5.69 Å². The maximum atomic E-state index is 13.4. The predicted molar refractivity (Wildman–Crippen MR) is 94.5 cm³/mol. The van der Waals surface area contributed by atoms with E-state index in [1.807, 2.05) is 0 Å². The number of rotatable bonds is 3. The molecular weight excluding hydrogens is 375 g/mol. The van der Waals surface area contributed by atoms with Gasteiger partial charge in [0, 0.05) is 11.8 Å². The second-order valence-electron chi connectivity index (χ2n) is 5.74. The average Bonchev–Trinajstić information content (AvgIpc) is 3.24. The number of carbonyl (C=O) groups is 1. The quantitative estimate of drug-likeness (QED) is 0.579. The highest BCUT2D eigenvalue weighted by Gasteiger charge is 2.19. The van der Waals surface area contributed by atoms with E-state index in [1.54, 1.807) is 19.9 Å². The van der Waals surface area contributed by atoms with Crippen LogP contribution < -0.4 is 5.32 Å². The number of aromatic nitrogens is 7. The van der Waals surface area contributed by atoms with Crippen LogP contribution in [0.15, 0.2) is 30.6 Å². The van der Waals surface area contributed by atoms with E-state index in [9.17, 15) is 9.18 Å². The number of fused-ring (bicyclic) bond motifs is 1. The molecule has 9 nitrogen and oxygen atoms in total. The molecule has 11 heteroatoms. The lowest BCUT2D eigenvalue weighted by Gasteiger charge is -2.07. The van der Waals surface area contributed by atoms with Crippen molar-refractivity contribution >= 4 is 29.1 Å². The maximum absolute atomic E-state index is 13.4. The number of nitrogens with one attached hydrogen (secondary N) is 1. The molecule has 0 radical (unpaired) electrons. The number of amides is 1. The van der Waals surface area contributed by atoms with Gasteiger partial charge in [-0.3, -0.25) is 4.79 Å². The molecule has 1 aromatic carbocycles. The maximum Gasteiger partial charge on any atom is 0.279 e. The molecule has 0 aliphatic heterocycles. The third kappa shape index (κ3) is 2.99. The second kappa shape index (κ2) is 6.40. The molecule has 0 fully saturated rings. The summed E-state index contributed by atoms with van der Waals surface area (Å²) >= 11 is 5.81. The zero-order valence-electron chi connectivity index (χ0n) is 14.2. The van der Waals surface area contributed by atoms with Gasteiger partial charge in [-0.15, -0.1) is 5.10 Å². The van der Waals surface area contributed by atoms with E-state index >= 15 is 0 Å². The van der Waals surface area contributed by atoms with Crippen LogP contribution in [-0.2, 0) is 0 Å². The Bertz CT molecular complexity index is 1180. The zero-order chi connectivity index (χ0) is 19.1. The first-order valence-electron chi connectivity index (χ1n) is 7.80. The van der Waals surface area contributed by atoms with Gasteiger partial charge in [0.05, 0.1) is 16.4 Å². The van der Waals surface area contributed by atoms with Crippen molar-refractivity contribution < 1.29 is 9.18 Å². The van der Waals surface area contributed by atoms with Crippen LogP contribution in [-0.4, -0.2) is 40.5 Å². The Kier molecular flexibility index (Phi) is 4.04. The Morgan fingerprint density at radius 3 is 2.85 bits per heavy atom. The molecule has 136 valence electrons. The van der Waals surface area contributed by atoms with Crippen LogP contribution in [0.1, 0.15) is 21.9 Å². The van der Waals surface area contributed by atoms with Gasteiger partial charge in [0.2, 0.25) is 0 Å². The summed E-state index contributed by atoms with van der Waals surface area (Å²) in [6.07, 6.45) is 1.34. The van der Waals surface area contributed by atoms with Gasteiger partial charge in [-0.25, -0.2) is 14.1 Å². The molecule has 4 rings (SSSR count). The van der Waals surface area contributed by atoms with Crippen LogP contribution in [0, 0.1) is 19.7 Å². The summed E-state index contributed by atoms with van der Waals surface area (Å²) in [6, 6.07) is 5.79. The lowest BCUT2D eigenvalue weighted by molar-refractivity contribution is 0.102. The molecule has 3 heterocycles. The first-order valence-corrected chi connectivity index (χ1v) is 8.18. The SMILES string of the molecule is Cc1cc(NC(=O)c2nnn(-c3ccc(F)c(Cl)c3)c2C)n2ncnc2n1. The van der Waals surface area contributed by atoms with Crippen LogP contribution in [0.2, 0.25) is 5.02 Å². The smallest absolute Gasteiger partial charge is 0.279 e. The summed E-state index contributed by atoms with van der Waals surface area (Å²) in [5.41, 5.74) is 1.74. The summed E-state index contributed by atoms with van der Waals surface area (Å²) in [5.74, 6) is -0.249. The average molecular weight is 387 g/mol. The Hall–Kier alpha value is -3.40. The van der Waals surface area contributed by atoms with Crippen LogP contribution in [0.5, 0.6) is 0 Å². The van der Waals surface area contributed by atoms with E-state index in [1.165, 1.54) is 33.7 Å². The van der Waals surface area contributed by atoms with E-state index in [-0.39, 0.29) is 10.7 Å². The lowest BCUT2D eigenvalue weighted by atomic mass is 10.2. The number of anilines is 1. The highest BCUT2D eigenvalue weighted by Crippen LogP contribution is 2.20. The van der Waals surface area contributed by atoms with Crippen molar-refractivity contribution in [2.24, 2.45) is 0 Å². The molecule has 0 saturated heterocycles. The van der Waals surface area contributed by atoms with E-state index < -0.39 is 11.7 Å². The molecule has 0 saturated carbocycles. The molecule has 27 heavy (non-hydrogen) atoms. The molecular formula is C16H12ClFN8O. The van der Waals surface area contributed by atoms with E-state index in [0.717, 1.165) is 0 Å². The van der Waals surface area contributed by atoms with Crippen LogP contribution in [0.25, 0.3) is 11.5 Å².